The summed E-state index contributed by atoms with van der Waals surface area (Å²) in [4.78, 5) is 12.6. The van der Waals surface area contributed by atoms with Gasteiger partial charge in [0.2, 0.25) is 0 Å². The molecule has 4 unspecified atom stereocenters. The molecule has 430 valence electrons. The molecule has 0 amide bonds. The normalized spacial score (nSPS) is 58.5. The summed E-state index contributed by atoms with van der Waals surface area (Å²) in [6.45, 7) is 13.6. The number of aliphatic hydroxyl groups excluding tert-OH is 12. The third kappa shape index (κ3) is 8.54. The van der Waals surface area contributed by atoms with Crippen LogP contribution in [0.5, 0.6) is 0 Å². The summed E-state index contributed by atoms with van der Waals surface area (Å²) < 4.78 is 57.6. The Morgan fingerprint density at radius 2 is 1.13 bits per heavy atom. The maximum Gasteiger partial charge on any atom is 0.187 e. The van der Waals surface area contributed by atoms with Gasteiger partial charge in [0.05, 0.1) is 50.3 Å². The monoisotopic (exact) mass is 1070 g/mol. The number of rotatable bonds is 11. The van der Waals surface area contributed by atoms with Gasteiger partial charge in [0, 0.05) is 16.2 Å². The Balaban J connectivity index is 0.960. The molecule has 10 fully saturated rings. The molecule has 22 nitrogen and oxygen atoms in total. The van der Waals surface area contributed by atoms with Crippen molar-refractivity contribution in [3.8, 4) is 0 Å². The Bertz CT molecular complexity index is 2050. The van der Waals surface area contributed by atoms with Crippen molar-refractivity contribution >= 4 is 6.29 Å². The van der Waals surface area contributed by atoms with Crippen molar-refractivity contribution in [2.75, 3.05) is 26.4 Å². The molecule has 5 heterocycles. The summed E-state index contributed by atoms with van der Waals surface area (Å²) in [5.41, 5.74) is -2.60. The molecule has 5 aliphatic heterocycles. The first kappa shape index (κ1) is 57.1. The first-order chi connectivity index (χ1) is 35.2. The Hall–Kier alpha value is -1.17. The van der Waals surface area contributed by atoms with Gasteiger partial charge in [0.1, 0.15) is 91.7 Å². The van der Waals surface area contributed by atoms with Crippen molar-refractivity contribution in [3.05, 3.63) is 0 Å². The summed E-state index contributed by atoms with van der Waals surface area (Å²) in [5, 5.41) is 130. The molecule has 22 heteroatoms. The van der Waals surface area contributed by atoms with Crippen molar-refractivity contribution in [2.45, 2.75) is 247 Å². The molecule has 5 aliphatic carbocycles. The molecule has 0 radical (unpaired) electrons. The highest BCUT2D eigenvalue weighted by atomic mass is 16.8. The smallest absolute Gasteiger partial charge is 0.187 e. The van der Waals surface area contributed by atoms with Gasteiger partial charge >= 0.3 is 0 Å². The Morgan fingerprint density at radius 1 is 0.560 bits per heavy atom. The minimum absolute atomic E-state index is 0.0574. The molecule has 10 rings (SSSR count). The molecule has 5 saturated carbocycles. The molecule has 75 heavy (non-hydrogen) atoms. The van der Waals surface area contributed by atoms with Crippen LogP contribution < -0.4 is 0 Å². The lowest BCUT2D eigenvalue weighted by atomic mass is 9.30. The van der Waals surface area contributed by atoms with Crippen LogP contribution in [0.2, 0.25) is 0 Å². The van der Waals surface area contributed by atoms with Gasteiger partial charge in [-0.1, -0.05) is 41.5 Å². The van der Waals surface area contributed by atoms with E-state index in [1.165, 1.54) is 6.92 Å². The Morgan fingerprint density at radius 3 is 1.73 bits per heavy atom. The second-order valence-electron chi connectivity index (χ2n) is 26.2. The number of ether oxygens (including phenoxy) is 9. The highest BCUT2D eigenvalue weighted by Gasteiger charge is 2.79. The average Bonchev–Trinajstić information content (AvgIpc) is 3.63. The molecular formula is C53H86O22. The van der Waals surface area contributed by atoms with E-state index in [4.69, 9.17) is 42.6 Å². The zero-order valence-electron chi connectivity index (χ0n) is 44.3. The van der Waals surface area contributed by atoms with Crippen LogP contribution in [0.15, 0.2) is 0 Å². The summed E-state index contributed by atoms with van der Waals surface area (Å²) >= 11 is 0. The van der Waals surface area contributed by atoms with Gasteiger partial charge < -0.3 is 109 Å². The third-order valence-corrected chi connectivity index (χ3v) is 22.3. The fourth-order valence-electron chi connectivity index (χ4n) is 17.7. The second kappa shape index (κ2) is 20.1. The van der Waals surface area contributed by atoms with E-state index < -0.39 is 165 Å². The fourth-order valence-corrected chi connectivity index (χ4v) is 17.7. The molecule has 30 atom stereocenters. The lowest BCUT2D eigenvalue weighted by Gasteiger charge is -2.74. The largest absolute Gasteiger partial charge is 0.394 e. The van der Waals surface area contributed by atoms with Crippen LogP contribution in [0.3, 0.4) is 0 Å². The SMILES string of the molecule is C[C@@H]1O[C@@H](O[C@H]2CO[C@@H](O[C@H]3CC[C@@]4(C)C(CC[C@]5(C)[C@@H]4CCC46OCC7(CC[C@]45C)C6C[C@](C)(C=O)C[C@@H]7O)C3(C)C)[C@H](O[C@@H]3O[C@H](CO)[C@@H](O)[C@H](O)[C@H]3O)[C@H]2O[C@H]2O[C@H](CO)[C@@H](O)[C@H](O)[C@H]2O)[C@H](O)[C@H](O)[C@H]1O. The third-order valence-electron chi connectivity index (χ3n) is 22.3. The number of carbonyl (C=O) groups is 1. The number of aldehydes is 1. The van der Waals surface area contributed by atoms with Gasteiger partial charge in [-0.05, 0) is 105 Å². The average molecular weight is 1080 g/mol. The van der Waals surface area contributed by atoms with Gasteiger partial charge in [0.25, 0.3) is 0 Å². The van der Waals surface area contributed by atoms with Crippen LogP contribution in [0.4, 0.5) is 0 Å². The minimum atomic E-state index is -1.95. The molecule has 0 aromatic rings. The Labute approximate surface area is 437 Å². The molecule has 1 spiro atoms. The van der Waals surface area contributed by atoms with Crippen LogP contribution in [0, 0.1) is 50.2 Å². The number of hydrogen-bond donors (Lipinski definition) is 12. The lowest BCUT2D eigenvalue weighted by Crippen LogP contribution is -2.73. The predicted molar refractivity (Wildman–Crippen MR) is 255 cm³/mol. The quantitative estimate of drug-likeness (QED) is 0.0827. The topological polar surface area (TPSA) is 343 Å². The van der Waals surface area contributed by atoms with Crippen molar-refractivity contribution < 1.29 is 109 Å². The molecule has 0 aromatic carbocycles. The first-order valence-corrected chi connectivity index (χ1v) is 27.5. The van der Waals surface area contributed by atoms with Crippen molar-refractivity contribution in [3.63, 3.8) is 0 Å². The van der Waals surface area contributed by atoms with Crippen LogP contribution in [0.25, 0.3) is 0 Å². The van der Waals surface area contributed by atoms with Crippen LogP contribution in [-0.2, 0) is 47.4 Å². The summed E-state index contributed by atoms with van der Waals surface area (Å²) in [7, 11) is 0. The van der Waals surface area contributed by atoms with E-state index in [2.05, 4.69) is 34.6 Å². The Kier molecular flexibility index (Phi) is 15.3. The standard InChI is InChI=1S/C53H86O22/c1-23-32(58)35(61)38(64)43(69-23)72-26-20-67-46(42(75-45-40(66)37(63)34(60)25(19-55)71-45)41(26)74-44-39(65)36(62)33(59)24(18-54)70-44)73-31-10-11-49(5)27(47(31,2)3)8-12-50(6)28(49)9-13-53-29-16-48(4,21-56)17-30(57)52(29,22-68-53)15-14-51(50,53)7/h21,23-46,54-55,57-66H,8-20,22H2,1-7H3/t23-,24+,25+,26-,27?,28+,29?,30-,31-,32-,33+,34+,35+,36-,37-,38+,39+,40+,41-,42+,43-,44+,45-,46-,48-,49-,50+,51-,52?,53?/m0/s1. The fraction of sp³-hybridized carbons (Fsp3) is 0.981. The van der Waals surface area contributed by atoms with Crippen LogP contribution in [0.1, 0.15) is 113 Å². The van der Waals surface area contributed by atoms with Crippen LogP contribution in [-0.4, -0.2) is 229 Å². The van der Waals surface area contributed by atoms with Crippen LogP contribution >= 0.6 is 0 Å². The van der Waals surface area contributed by atoms with E-state index in [1.807, 2.05) is 6.92 Å². The van der Waals surface area contributed by atoms with E-state index in [0.717, 1.165) is 51.2 Å². The molecule has 2 bridgehead atoms. The van der Waals surface area contributed by atoms with Crippen molar-refractivity contribution in [1.29, 1.82) is 0 Å². The number of fused-ring (bicyclic) bond motifs is 4. The van der Waals surface area contributed by atoms with E-state index in [9.17, 15) is 66.1 Å². The molecular weight excluding hydrogens is 989 g/mol. The summed E-state index contributed by atoms with van der Waals surface area (Å²) in [5.74, 6) is 0.451. The van der Waals surface area contributed by atoms with Gasteiger partial charge in [-0.25, -0.2) is 0 Å². The van der Waals surface area contributed by atoms with Crippen molar-refractivity contribution in [2.24, 2.45) is 50.2 Å². The van der Waals surface area contributed by atoms with E-state index in [-0.39, 0.29) is 39.4 Å². The molecule has 0 aromatic heterocycles. The highest BCUT2D eigenvalue weighted by molar-refractivity contribution is 5.59. The predicted octanol–water partition coefficient (Wildman–Crippen LogP) is -1.50. The summed E-state index contributed by atoms with van der Waals surface area (Å²) in [6.07, 6.45) is -23.8. The minimum Gasteiger partial charge on any atom is -0.394 e. The molecule has 5 saturated heterocycles. The first-order valence-electron chi connectivity index (χ1n) is 27.5. The zero-order valence-corrected chi connectivity index (χ0v) is 44.3. The number of aliphatic hydroxyl groups is 12. The molecule has 10 aliphatic rings. The lowest BCUT2D eigenvalue weighted by molar-refractivity contribution is -0.403. The maximum atomic E-state index is 12.6. The maximum absolute atomic E-state index is 12.6. The zero-order chi connectivity index (χ0) is 54.3. The van der Waals surface area contributed by atoms with Crippen molar-refractivity contribution in [1.82, 2.24) is 0 Å². The van der Waals surface area contributed by atoms with E-state index >= 15 is 0 Å². The summed E-state index contributed by atoms with van der Waals surface area (Å²) in [6, 6.07) is 0. The van der Waals surface area contributed by atoms with Gasteiger partial charge in [-0.2, -0.15) is 0 Å². The van der Waals surface area contributed by atoms with Gasteiger partial charge in [-0.15, -0.1) is 0 Å². The highest BCUT2D eigenvalue weighted by Crippen LogP contribution is 2.80. The molecule has 12 N–H and O–H groups in total. The number of hydrogen-bond acceptors (Lipinski definition) is 22. The van der Waals surface area contributed by atoms with E-state index in [1.54, 1.807) is 0 Å². The second-order valence-corrected chi connectivity index (χ2v) is 26.2. The van der Waals surface area contributed by atoms with Gasteiger partial charge in [0.15, 0.2) is 25.2 Å². The number of carbonyl (C=O) groups excluding carboxylic acids is 1. The van der Waals surface area contributed by atoms with Gasteiger partial charge in [-0.3, -0.25) is 0 Å². The van der Waals surface area contributed by atoms with E-state index in [0.29, 0.717) is 25.9 Å².